The van der Waals surface area contributed by atoms with Crippen molar-refractivity contribution in [1.29, 1.82) is 0 Å². The van der Waals surface area contributed by atoms with Crippen molar-refractivity contribution >= 4 is 0 Å². The van der Waals surface area contributed by atoms with Gasteiger partial charge in [-0.2, -0.15) is 0 Å². The lowest BCUT2D eigenvalue weighted by Crippen LogP contribution is -2.50. The van der Waals surface area contributed by atoms with E-state index < -0.39 is 0 Å². The van der Waals surface area contributed by atoms with Gasteiger partial charge in [-0.15, -0.1) is 0 Å². The summed E-state index contributed by atoms with van der Waals surface area (Å²) in [4.78, 5) is 9.37. The molecule has 3 atom stereocenters. The summed E-state index contributed by atoms with van der Waals surface area (Å²) in [7, 11) is 0. The molecule has 2 aromatic heterocycles. The van der Waals surface area contributed by atoms with Crippen molar-refractivity contribution in [1.82, 2.24) is 9.97 Å². The fourth-order valence-corrected chi connectivity index (χ4v) is 4.33. The van der Waals surface area contributed by atoms with Crippen molar-refractivity contribution in [2.75, 3.05) is 0 Å². The van der Waals surface area contributed by atoms with E-state index in [1.165, 1.54) is 17.7 Å². The molecule has 3 aliphatic carbocycles. The summed E-state index contributed by atoms with van der Waals surface area (Å²) in [6, 6.07) is 10.4. The van der Waals surface area contributed by atoms with Crippen molar-refractivity contribution in [3.05, 3.63) is 47.8 Å². The van der Waals surface area contributed by atoms with Gasteiger partial charge in [0.15, 0.2) is 0 Å². The van der Waals surface area contributed by atoms with Gasteiger partial charge in [-0.3, -0.25) is 9.97 Å². The Morgan fingerprint density at radius 1 is 1.10 bits per heavy atom. The molecule has 1 fully saturated rings. The molecule has 2 heteroatoms. The number of hydrogen-bond acceptors (Lipinski definition) is 2. The quantitative estimate of drug-likeness (QED) is 0.763. The lowest BCUT2D eigenvalue weighted by Gasteiger charge is -2.59. The van der Waals surface area contributed by atoms with E-state index in [1.54, 1.807) is 0 Å². The highest BCUT2D eigenvalue weighted by molar-refractivity contribution is 5.56. The summed E-state index contributed by atoms with van der Waals surface area (Å²) >= 11 is 0. The lowest BCUT2D eigenvalue weighted by molar-refractivity contribution is -0.00271. The maximum atomic E-state index is 4.95. The Morgan fingerprint density at radius 2 is 1.95 bits per heavy atom. The van der Waals surface area contributed by atoms with E-state index in [4.69, 9.17) is 4.98 Å². The Hall–Kier alpha value is -1.70. The molecule has 2 nitrogen and oxygen atoms in total. The molecule has 0 aromatic carbocycles. The second-order valence-electron chi connectivity index (χ2n) is 6.89. The summed E-state index contributed by atoms with van der Waals surface area (Å²) in [6.07, 6.45) is 3.17. The molecule has 0 unspecified atom stereocenters. The largest absolute Gasteiger partial charge is 0.255 e. The number of hydrogen-bond donors (Lipinski definition) is 0. The maximum absolute atomic E-state index is 4.95. The van der Waals surface area contributed by atoms with Crippen LogP contribution in [-0.2, 0) is 0 Å². The van der Waals surface area contributed by atoms with Crippen LogP contribution in [0.1, 0.15) is 50.3 Å². The number of nitrogens with zero attached hydrogens (tertiary/aromatic N) is 2. The smallest absolute Gasteiger partial charge is 0.0889 e. The molecule has 0 amide bonds. The zero-order chi connectivity index (χ0) is 13.9. The Labute approximate surface area is 120 Å². The van der Waals surface area contributed by atoms with E-state index in [2.05, 4.69) is 37.9 Å². The minimum absolute atomic E-state index is 0.445. The van der Waals surface area contributed by atoms with Gasteiger partial charge in [0.05, 0.1) is 11.4 Å². The fraction of sp³-hybridized carbons (Fsp3) is 0.444. The summed E-state index contributed by atoms with van der Waals surface area (Å²) in [5.41, 5.74) is 5.22. The van der Waals surface area contributed by atoms with Crippen molar-refractivity contribution in [3.8, 4) is 11.4 Å². The van der Waals surface area contributed by atoms with Crippen molar-refractivity contribution in [2.24, 2.45) is 11.3 Å². The van der Waals surface area contributed by atoms with E-state index in [0.29, 0.717) is 17.3 Å². The molecule has 0 N–H and O–H groups in total. The first-order chi connectivity index (χ1) is 9.59. The van der Waals surface area contributed by atoms with Gasteiger partial charge in [0.1, 0.15) is 0 Å². The summed E-state index contributed by atoms with van der Waals surface area (Å²) in [5, 5.41) is 0. The van der Waals surface area contributed by atoms with Crippen molar-refractivity contribution < 1.29 is 0 Å². The van der Waals surface area contributed by atoms with Crippen LogP contribution >= 0.6 is 0 Å². The molecule has 0 radical (unpaired) electrons. The molecule has 1 saturated carbocycles. The van der Waals surface area contributed by atoms with Crippen LogP contribution in [0.3, 0.4) is 0 Å². The highest BCUT2D eigenvalue weighted by atomic mass is 14.8. The maximum Gasteiger partial charge on any atom is 0.0889 e. The predicted octanol–water partition coefficient (Wildman–Crippen LogP) is 4.39. The predicted molar refractivity (Wildman–Crippen MR) is 80.5 cm³/mol. The second kappa shape index (κ2) is 3.91. The van der Waals surface area contributed by atoms with Crippen LogP contribution in [0.15, 0.2) is 36.5 Å². The van der Waals surface area contributed by atoms with Gasteiger partial charge >= 0.3 is 0 Å². The van der Waals surface area contributed by atoms with Gasteiger partial charge in [-0.05, 0) is 47.4 Å². The average molecular weight is 264 g/mol. The molecule has 2 aromatic rings. The fourth-order valence-electron chi connectivity index (χ4n) is 4.33. The molecule has 102 valence electrons. The third kappa shape index (κ3) is 1.45. The van der Waals surface area contributed by atoms with Gasteiger partial charge in [0, 0.05) is 17.8 Å². The first kappa shape index (κ1) is 12.1. The Bertz CT molecular complexity index is 660. The molecule has 0 spiro atoms. The van der Waals surface area contributed by atoms with Crippen LogP contribution in [0.2, 0.25) is 0 Å². The Kier molecular flexibility index (Phi) is 2.36. The van der Waals surface area contributed by atoms with Crippen LogP contribution in [0.4, 0.5) is 0 Å². The Morgan fingerprint density at radius 3 is 2.65 bits per heavy atom. The molecule has 2 heterocycles. The van der Waals surface area contributed by atoms with E-state index in [0.717, 1.165) is 17.3 Å². The van der Waals surface area contributed by atoms with Crippen LogP contribution in [0.25, 0.3) is 11.4 Å². The van der Waals surface area contributed by atoms with Gasteiger partial charge in [-0.1, -0.05) is 32.9 Å². The van der Waals surface area contributed by atoms with Gasteiger partial charge in [0.25, 0.3) is 0 Å². The highest BCUT2D eigenvalue weighted by Gasteiger charge is 2.56. The standard InChI is InChI=1S/C18H20N2/c1-11-13-10-14(18(13,2)3)12-7-8-16(20-17(11)12)15-6-4-5-9-19-15/h4-9,11,13-14H,10H2,1-3H3/t11-,13+,14-/m0/s1. The molecule has 3 aliphatic rings. The molecule has 0 saturated heterocycles. The first-order valence-corrected chi connectivity index (χ1v) is 7.51. The number of rotatable bonds is 1. The highest BCUT2D eigenvalue weighted by Crippen LogP contribution is 2.66. The Balaban J connectivity index is 1.82. The van der Waals surface area contributed by atoms with Crippen LogP contribution in [0.5, 0.6) is 0 Å². The van der Waals surface area contributed by atoms with E-state index in [-0.39, 0.29) is 0 Å². The molecular formula is C18H20N2. The molecule has 5 rings (SSSR count). The topological polar surface area (TPSA) is 25.8 Å². The first-order valence-electron chi connectivity index (χ1n) is 7.51. The van der Waals surface area contributed by atoms with Crippen LogP contribution in [0, 0.1) is 11.3 Å². The van der Waals surface area contributed by atoms with E-state index in [9.17, 15) is 0 Å². The minimum atomic E-state index is 0.445. The second-order valence-corrected chi connectivity index (χ2v) is 6.89. The molecular weight excluding hydrogens is 244 g/mol. The van der Waals surface area contributed by atoms with Crippen LogP contribution in [-0.4, -0.2) is 9.97 Å². The SMILES string of the molecule is C[C@@H]1c2nc(-c3ccccn3)ccc2[C@@H]2C[C@H]1C2(C)C. The number of aromatic nitrogens is 2. The zero-order valence-corrected chi connectivity index (χ0v) is 12.3. The zero-order valence-electron chi connectivity index (χ0n) is 12.3. The van der Waals surface area contributed by atoms with E-state index >= 15 is 0 Å². The summed E-state index contributed by atoms with van der Waals surface area (Å²) < 4.78 is 0. The van der Waals surface area contributed by atoms with Crippen LogP contribution < -0.4 is 0 Å². The van der Waals surface area contributed by atoms with Crippen molar-refractivity contribution in [3.63, 3.8) is 0 Å². The lowest BCUT2D eigenvalue weighted by atomic mass is 9.45. The third-order valence-corrected chi connectivity index (χ3v) is 5.64. The minimum Gasteiger partial charge on any atom is -0.255 e. The molecule has 0 aliphatic heterocycles. The van der Waals surface area contributed by atoms with Gasteiger partial charge in [0.2, 0.25) is 0 Å². The molecule has 20 heavy (non-hydrogen) atoms. The summed E-state index contributed by atoms with van der Waals surface area (Å²) in [5.74, 6) is 2.05. The molecule has 2 bridgehead atoms. The normalized spacial score (nSPS) is 29.4. The van der Waals surface area contributed by atoms with E-state index in [1.807, 2.05) is 24.4 Å². The van der Waals surface area contributed by atoms with Gasteiger partial charge < -0.3 is 0 Å². The monoisotopic (exact) mass is 264 g/mol. The number of pyridine rings is 2. The average Bonchev–Trinajstić information content (AvgIpc) is 2.47. The van der Waals surface area contributed by atoms with Gasteiger partial charge in [-0.25, -0.2) is 0 Å². The van der Waals surface area contributed by atoms with Crippen molar-refractivity contribution in [2.45, 2.75) is 39.0 Å². The summed E-state index contributed by atoms with van der Waals surface area (Å²) in [6.45, 7) is 7.17. The third-order valence-electron chi connectivity index (χ3n) is 5.64.